The standard InChI is InChI=1S/C21H19NO/c1-21(2)14-12-18-20(13-15-21)23-19-11-7-6-10-17(19)22(18)16-8-4-3-5-9-16/h3-15H,1-2H3. The molecule has 2 nitrogen and oxygen atoms in total. The van der Waals surface area contributed by atoms with Gasteiger partial charge in [-0.15, -0.1) is 0 Å². The van der Waals surface area contributed by atoms with Crippen molar-refractivity contribution >= 4 is 11.4 Å². The monoisotopic (exact) mass is 301 g/mol. The molecule has 0 atom stereocenters. The lowest BCUT2D eigenvalue weighted by Gasteiger charge is -2.33. The Hall–Kier alpha value is -2.74. The van der Waals surface area contributed by atoms with Crippen LogP contribution < -0.4 is 9.64 Å². The van der Waals surface area contributed by atoms with Crippen LogP contribution in [-0.2, 0) is 0 Å². The summed E-state index contributed by atoms with van der Waals surface area (Å²) in [7, 11) is 0. The van der Waals surface area contributed by atoms with Gasteiger partial charge in [-0.25, -0.2) is 0 Å². The Labute approximate surface area is 137 Å². The maximum atomic E-state index is 6.16. The maximum absolute atomic E-state index is 6.16. The van der Waals surface area contributed by atoms with Crippen molar-refractivity contribution in [3.05, 3.63) is 90.4 Å². The molecule has 2 aromatic carbocycles. The van der Waals surface area contributed by atoms with E-state index in [4.69, 9.17) is 4.74 Å². The minimum atomic E-state index is 0.00917. The van der Waals surface area contributed by atoms with Crippen molar-refractivity contribution < 1.29 is 4.74 Å². The van der Waals surface area contributed by atoms with Crippen LogP contribution in [0.2, 0.25) is 0 Å². The molecule has 0 bridgehead atoms. The number of ether oxygens (including phenoxy) is 1. The van der Waals surface area contributed by atoms with Gasteiger partial charge >= 0.3 is 0 Å². The van der Waals surface area contributed by atoms with Crippen LogP contribution >= 0.6 is 0 Å². The molecule has 23 heavy (non-hydrogen) atoms. The fraction of sp³-hybridized carbons (Fsp3) is 0.143. The third kappa shape index (κ3) is 2.46. The van der Waals surface area contributed by atoms with E-state index in [2.05, 4.69) is 73.4 Å². The lowest BCUT2D eigenvalue weighted by Crippen LogP contribution is -2.22. The van der Waals surface area contributed by atoms with Gasteiger partial charge < -0.3 is 9.64 Å². The average Bonchev–Trinajstić information content (AvgIpc) is 2.72. The first kappa shape index (κ1) is 13.9. The summed E-state index contributed by atoms with van der Waals surface area (Å²) in [4.78, 5) is 2.26. The quantitative estimate of drug-likeness (QED) is 0.681. The molecule has 2 heteroatoms. The number of fused-ring (bicyclic) bond motifs is 1. The molecule has 0 radical (unpaired) electrons. The van der Waals surface area contributed by atoms with Crippen molar-refractivity contribution in [2.24, 2.45) is 5.41 Å². The third-order valence-corrected chi connectivity index (χ3v) is 4.17. The summed E-state index contributed by atoms with van der Waals surface area (Å²) in [6.07, 6.45) is 8.65. The Morgan fingerprint density at radius 2 is 1.52 bits per heavy atom. The van der Waals surface area contributed by atoms with E-state index in [9.17, 15) is 0 Å². The summed E-state index contributed by atoms with van der Waals surface area (Å²) in [5.74, 6) is 1.77. The predicted molar refractivity (Wildman–Crippen MR) is 94.7 cm³/mol. The van der Waals surface area contributed by atoms with Crippen LogP contribution in [0.25, 0.3) is 0 Å². The number of para-hydroxylation sites is 3. The Bertz CT molecular complexity index is 828. The van der Waals surface area contributed by atoms with Gasteiger partial charge in [-0.3, -0.25) is 0 Å². The van der Waals surface area contributed by atoms with Crippen molar-refractivity contribution in [3.63, 3.8) is 0 Å². The first-order chi connectivity index (χ1) is 11.1. The molecule has 1 heterocycles. The Balaban J connectivity index is 1.93. The Kier molecular flexibility index (Phi) is 3.12. The molecule has 0 saturated carbocycles. The van der Waals surface area contributed by atoms with Crippen molar-refractivity contribution in [2.75, 3.05) is 4.90 Å². The number of anilines is 2. The summed E-state index contributed by atoms with van der Waals surface area (Å²) in [5.41, 5.74) is 3.27. The zero-order chi connectivity index (χ0) is 15.9. The molecular formula is C21H19NO. The van der Waals surface area contributed by atoms with E-state index in [0.717, 1.165) is 28.6 Å². The van der Waals surface area contributed by atoms with Crippen LogP contribution in [0.3, 0.4) is 0 Å². The van der Waals surface area contributed by atoms with E-state index in [1.165, 1.54) is 0 Å². The van der Waals surface area contributed by atoms with Gasteiger partial charge in [0.15, 0.2) is 11.5 Å². The number of hydrogen-bond donors (Lipinski definition) is 0. The summed E-state index contributed by atoms with van der Waals surface area (Å²) in [5, 5.41) is 0. The zero-order valence-electron chi connectivity index (χ0n) is 13.4. The Morgan fingerprint density at radius 3 is 2.35 bits per heavy atom. The molecule has 2 aliphatic rings. The van der Waals surface area contributed by atoms with Crippen LogP contribution in [-0.4, -0.2) is 0 Å². The van der Waals surface area contributed by atoms with E-state index >= 15 is 0 Å². The minimum absolute atomic E-state index is 0.00917. The smallest absolute Gasteiger partial charge is 0.151 e. The number of benzene rings is 2. The van der Waals surface area contributed by atoms with Crippen molar-refractivity contribution in [3.8, 4) is 5.75 Å². The number of nitrogens with zero attached hydrogens (tertiary/aromatic N) is 1. The summed E-state index contributed by atoms with van der Waals surface area (Å²) >= 11 is 0. The van der Waals surface area contributed by atoms with E-state index < -0.39 is 0 Å². The van der Waals surface area contributed by atoms with Crippen molar-refractivity contribution in [1.29, 1.82) is 0 Å². The topological polar surface area (TPSA) is 12.5 Å². The van der Waals surface area contributed by atoms with Gasteiger partial charge in [0.25, 0.3) is 0 Å². The lowest BCUT2D eigenvalue weighted by atomic mass is 9.93. The molecule has 1 aliphatic carbocycles. The molecule has 1 aliphatic heterocycles. The molecule has 0 unspecified atom stereocenters. The molecule has 4 rings (SSSR count). The molecule has 0 fully saturated rings. The predicted octanol–water partition coefficient (Wildman–Crippen LogP) is 5.58. The van der Waals surface area contributed by atoms with Gasteiger partial charge in [-0.05, 0) is 36.4 Å². The SMILES string of the molecule is CC1(C)C=CC2=C(C=C1)N(c1ccccc1)c1ccccc1O2. The molecule has 114 valence electrons. The van der Waals surface area contributed by atoms with Crippen LogP contribution in [0.4, 0.5) is 11.4 Å². The van der Waals surface area contributed by atoms with E-state index in [1.54, 1.807) is 0 Å². The second kappa shape index (κ2) is 5.17. The van der Waals surface area contributed by atoms with Crippen LogP contribution in [0, 0.1) is 5.41 Å². The fourth-order valence-corrected chi connectivity index (χ4v) is 2.91. The largest absolute Gasteiger partial charge is 0.453 e. The number of allylic oxidation sites excluding steroid dienone is 4. The van der Waals surface area contributed by atoms with Gasteiger partial charge in [-0.1, -0.05) is 56.3 Å². The third-order valence-electron chi connectivity index (χ3n) is 4.17. The molecule has 0 saturated heterocycles. The van der Waals surface area contributed by atoms with Crippen molar-refractivity contribution in [2.45, 2.75) is 13.8 Å². The molecule has 0 spiro atoms. The number of hydrogen-bond acceptors (Lipinski definition) is 2. The number of rotatable bonds is 1. The first-order valence-electron chi connectivity index (χ1n) is 7.89. The van der Waals surface area contributed by atoms with E-state index in [1.807, 2.05) is 24.3 Å². The van der Waals surface area contributed by atoms with Crippen LogP contribution in [0.15, 0.2) is 90.4 Å². The Morgan fingerprint density at radius 1 is 0.826 bits per heavy atom. The molecule has 0 amide bonds. The highest BCUT2D eigenvalue weighted by atomic mass is 16.5. The molecular weight excluding hydrogens is 282 g/mol. The van der Waals surface area contributed by atoms with Gasteiger partial charge in [0.05, 0.1) is 11.4 Å². The molecule has 2 aromatic rings. The highest BCUT2D eigenvalue weighted by Gasteiger charge is 2.27. The highest BCUT2D eigenvalue weighted by Crippen LogP contribution is 2.44. The summed E-state index contributed by atoms with van der Waals surface area (Å²) in [6, 6.07) is 18.6. The molecule has 0 aromatic heterocycles. The summed E-state index contributed by atoms with van der Waals surface area (Å²) in [6.45, 7) is 4.39. The zero-order valence-corrected chi connectivity index (χ0v) is 13.4. The average molecular weight is 301 g/mol. The van der Waals surface area contributed by atoms with E-state index in [-0.39, 0.29) is 5.41 Å². The van der Waals surface area contributed by atoms with Gasteiger partial charge in [0.1, 0.15) is 0 Å². The summed E-state index contributed by atoms with van der Waals surface area (Å²) < 4.78 is 6.16. The minimum Gasteiger partial charge on any atom is -0.453 e. The second-order valence-corrected chi connectivity index (χ2v) is 6.48. The first-order valence-corrected chi connectivity index (χ1v) is 7.89. The van der Waals surface area contributed by atoms with Crippen LogP contribution in [0.1, 0.15) is 13.8 Å². The normalized spacial score (nSPS) is 18.1. The molecule has 0 N–H and O–H groups in total. The van der Waals surface area contributed by atoms with Gasteiger partial charge in [0, 0.05) is 11.1 Å². The maximum Gasteiger partial charge on any atom is 0.151 e. The van der Waals surface area contributed by atoms with Crippen molar-refractivity contribution in [1.82, 2.24) is 0 Å². The van der Waals surface area contributed by atoms with E-state index in [0.29, 0.717) is 0 Å². The highest BCUT2D eigenvalue weighted by molar-refractivity contribution is 5.77. The van der Waals surface area contributed by atoms with Gasteiger partial charge in [0.2, 0.25) is 0 Å². The lowest BCUT2D eigenvalue weighted by molar-refractivity contribution is 0.430. The second-order valence-electron chi connectivity index (χ2n) is 6.48. The van der Waals surface area contributed by atoms with Crippen LogP contribution in [0.5, 0.6) is 5.75 Å². The van der Waals surface area contributed by atoms with Gasteiger partial charge in [-0.2, -0.15) is 0 Å². The fourth-order valence-electron chi connectivity index (χ4n) is 2.91.